The number of aryl methyl sites for hydroxylation is 2. The van der Waals surface area contributed by atoms with Crippen LogP contribution in [0.15, 0.2) is 22.0 Å². The standard InChI is InChI=1S/C10H10BrN3OS/c1-6-5-9(14(2)13-6)12-10(15)7-3-4-8(11)16-7/h3-5H,1-2H3,(H,12,15). The Kier molecular flexibility index (Phi) is 3.11. The third kappa shape index (κ3) is 2.33. The van der Waals surface area contributed by atoms with Crippen molar-refractivity contribution < 1.29 is 4.79 Å². The maximum absolute atomic E-state index is 11.8. The monoisotopic (exact) mass is 299 g/mol. The number of hydrogen-bond donors (Lipinski definition) is 1. The quantitative estimate of drug-likeness (QED) is 0.927. The van der Waals surface area contributed by atoms with Crippen LogP contribution < -0.4 is 5.32 Å². The topological polar surface area (TPSA) is 46.9 Å². The van der Waals surface area contributed by atoms with Crippen LogP contribution in [0.4, 0.5) is 5.82 Å². The van der Waals surface area contributed by atoms with Gasteiger partial charge in [-0.3, -0.25) is 9.48 Å². The Hall–Kier alpha value is -1.14. The minimum atomic E-state index is -0.112. The highest BCUT2D eigenvalue weighted by molar-refractivity contribution is 9.11. The first-order valence-corrected chi connectivity index (χ1v) is 6.24. The van der Waals surface area contributed by atoms with Crippen LogP contribution in [0.3, 0.4) is 0 Å². The van der Waals surface area contributed by atoms with Crippen LogP contribution in [0.1, 0.15) is 15.4 Å². The molecule has 0 aromatic carbocycles. The van der Waals surface area contributed by atoms with Crippen LogP contribution in [-0.4, -0.2) is 15.7 Å². The summed E-state index contributed by atoms with van der Waals surface area (Å²) in [5.41, 5.74) is 0.880. The SMILES string of the molecule is Cc1cc(NC(=O)c2ccc(Br)s2)n(C)n1. The summed E-state index contributed by atoms with van der Waals surface area (Å²) in [6.45, 7) is 1.89. The van der Waals surface area contributed by atoms with E-state index in [-0.39, 0.29) is 5.91 Å². The van der Waals surface area contributed by atoms with E-state index in [1.165, 1.54) is 11.3 Å². The lowest BCUT2D eigenvalue weighted by Gasteiger charge is -2.02. The number of hydrogen-bond acceptors (Lipinski definition) is 3. The second-order valence-electron chi connectivity index (χ2n) is 3.35. The Morgan fingerprint density at radius 2 is 2.31 bits per heavy atom. The fourth-order valence-corrected chi connectivity index (χ4v) is 2.62. The van der Waals surface area contributed by atoms with Crippen molar-refractivity contribution in [1.82, 2.24) is 9.78 Å². The van der Waals surface area contributed by atoms with E-state index in [0.717, 1.165) is 9.48 Å². The second-order valence-corrected chi connectivity index (χ2v) is 5.82. The van der Waals surface area contributed by atoms with Gasteiger partial charge in [-0.1, -0.05) is 0 Å². The maximum atomic E-state index is 11.8. The molecule has 0 spiro atoms. The zero-order valence-corrected chi connectivity index (χ0v) is 11.2. The van der Waals surface area contributed by atoms with Crippen LogP contribution >= 0.6 is 27.3 Å². The molecule has 0 bridgehead atoms. The van der Waals surface area contributed by atoms with Crippen LogP contribution in [-0.2, 0) is 7.05 Å². The number of halogens is 1. The highest BCUT2D eigenvalue weighted by Crippen LogP contribution is 2.23. The summed E-state index contributed by atoms with van der Waals surface area (Å²) in [5, 5.41) is 6.97. The largest absolute Gasteiger partial charge is 0.306 e. The summed E-state index contributed by atoms with van der Waals surface area (Å²) < 4.78 is 2.59. The van der Waals surface area contributed by atoms with Crippen LogP contribution in [0.2, 0.25) is 0 Å². The van der Waals surface area contributed by atoms with Gasteiger partial charge in [0.15, 0.2) is 0 Å². The van der Waals surface area contributed by atoms with Crippen molar-refractivity contribution in [3.05, 3.63) is 32.6 Å². The van der Waals surface area contributed by atoms with Crippen LogP contribution in [0, 0.1) is 6.92 Å². The molecule has 0 aliphatic rings. The molecule has 84 valence electrons. The zero-order valence-electron chi connectivity index (χ0n) is 8.82. The zero-order chi connectivity index (χ0) is 11.7. The molecule has 0 atom stereocenters. The Labute approximate surface area is 105 Å². The number of carbonyl (C=O) groups is 1. The molecular formula is C10H10BrN3OS. The van der Waals surface area contributed by atoms with E-state index in [1.807, 2.05) is 19.1 Å². The lowest BCUT2D eigenvalue weighted by atomic mass is 10.4. The lowest BCUT2D eigenvalue weighted by molar-refractivity contribution is 0.102. The molecule has 6 heteroatoms. The third-order valence-electron chi connectivity index (χ3n) is 2.04. The molecular weight excluding hydrogens is 290 g/mol. The summed E-state index contributed by atoms with van der Waals surface area (Å²) in [5.74, 6) is 0.589. The Balaban J connectivity index is 2.16. The van der Waals surface area contributed by atoms with Crippen molar-refractivity contribution >= 4 is 39.0 Å². The number of anilines is 1. The van der Waals surface area contributed by atoms with Crippen molar-refractivity contribution in [3.8, 4) is 0 Å². The molecule has 0 aliphatic heterocycles. The average molecular weight is 300 g/mol. The summed E-state index contributed by atoms with van der Waals surface area (Å²) >= 11 is 4.73. The third-order valence-corrected chi connectivity index (χ3v) is 3.66. The number of nitrogens with one attached hydrogen (secondary N) is 1. The molecule has 0 aliphatic carbocycles. The van der Waals surface area contributed by atoms with Crippen molar-refractivity contribution in [3.63, 3.8) is 0 Å². The number of thiophene rings is 1. The maximum Gasteiger partial charge on any atom is 0.266 e. The Bertz CT molecular complexity index is 532. The molecule has 0 radical (unpaired) electrons. The van der Waals surface area contributed by atoms with Crippen molar-refractivity contribution in [2.24, 2.45) is 7.05 Å². The number of amides is 1. The first kappa shape index (κ1) is 11.3. The fourth-order valence-electron chi connectivity index (χ4n) is 1.34. The highest BCUT2D eigenvalue weighted by Gasteiger charge is 2.11. The van der Waals surface area contributed by atoms with Crippen molar-refractivity contribution in [2.75, 3.05) is 5.32 Å². The molecule has 16 heavy (non-hydrogen) atoms. The van der Waals surface area contributed by atoms with Gasteiger partial charge in [-0.05, 0) is 35.0 Å². The summed E-state index contributed by atoms with van der Waals surface area (Å²) in [4.78, 5) is 12.5. The van der Waals surface area contributed by atoms with Gasteiger partial charge >= 0.3 is 0 Å². The number of nitrogens with zero attached hydrogens (tertiary/aromatic N) is 2. The number of rotatable bonds is 2. The molecule has 0 saturated carbocycles. The van der Waals surface area contributed by atoms with Gasteiger partial charge in [0, 0.05) is 13.1 Å². The van der Waals surface area contributed by atoms with Gasteiger partial charge in [0.1, 0.15) is 5.82 Å². The molecule has 2 heterocycles. The minimum absolute atomic E-state index is 0.112. The van der Waals surface area contributed by atoms with E-state index in [2.05, 4.69) is 26.3 Å². The van der Waals surface area contributed by atoms with Gasteiger partial charge in [-0.15, -0.1) is 11.3 Å². The predicted molar refractivity (Wildman–Crippen MR) is 67.9 cm³/mol. The van der Waals surface area contributed by atoms with Gasteiger partial charge in [-0.25, -0.2) is 0 Å². The van der Waals surface area contributed by atoms with E-state index in [1.54, 1.807) is 17.8 Å². The molecule has 1 amide bonds. The van der Waals surface area contributed by atoms with E-state index >= 15 is 0 Å². The minimum Gasteiger partial charge on any atom is -0.306 e. The molecule has 2 rings (SSSR count). The fraction of sp³-hybridized carbons (Fsp3) is 0.200. The van der Waals surface area contributed by atoms with Gasteiger partial charge in [0.2, 0.25) is 0 Å². The predicted octanol–water partition coefficient (Wildman–Crippen LogP) is 2.80. The van der Waals surface area contributed by atoms with Crippen molar-refractivity contribution in [1.29, 1.82) is 0 Å². The normalized spacial score (nSPS) is 10.4. The lowest BCUT2D eigenvalue weighted by Crippen LogP contribution is -2.13. The molecule has 0 saturated heterocycles. The average Bonchev–Trinajstić information content (AvgIpc) is 2.74. The second kappa shape index (κ2) is 4.39. The van der Waals surface area contributed by atoms with Gasteiger partial charge < -0.3 is 5.32 Å². The smallest absolute Gasteiger partial charge is 0.266 e. The molecule has 4 nitrogen and oxygen atoms in total. The molecule has 0 unspecified atom stereocenters. The molecule has 0 fully saturated rings. The van der Waals surface area contributed by atoms with E-state index in [4.69, 9.17) is 0 Å². The highest BCUT2D eigenvalue weighted by atomic mass is 79.9. The molecule has 2 aromatic heterocycles. The van der Waals surface area contributed by atoms with E-state index in [9.17, 15) is 4.79 Å². The Morgan fingerprint density at radius 3 is 2.81 bits per heavy atom. The van der Waals surface area contributed by atoms with Gasteiger partial charge in [-0.2, -0.15) is 5.10 Å². The summed E-state index contributed by atoms with van der Waals surface area (Å²) in [7, 11) is 1.80. The first-order chi connectivity index (χ1) is 7.56. The summed E-state index contributed by atoms with van der Waals surface area (Å²) in [6.07, 6.45) is 0. The van der Waals surface area contributed by atoms with E-state index in [0.29, 0.717) is 10.7 Å². The Morgan fingerprint density at radius 1 is 1.56 bits per heavy atom. The first-order valence-electron chi connectivity index (χ1n) is 4.63. The van der Waals surface area contributed by atoms with Crippen molar-refractivity contribution in [2.45, 2.75) is 6.92 Å². The molecule has 1 N–H and O–H groups in total. The van der Waals surface area contributed by atoms with Crippen LogP contribution in [0.5, 0.6) is 0 Å². The van der Waals surface area contributed by atoms with Gasteiger partial charge in [0.05, 0.1) is 14.4 Å². The van der Waals surface area contributed by atoms with Crippen LogP contribution in [0.25, 0.3) is 0 Å². The van der Waals surface area contributed by atoms with E-state index < -0.39 is 0 Å². The number of carbonyl (C=O) groups excluding carboxylic acids is 1. The molecule has 2 aromatic rings. The summed E-state index contributed by atoms with van der Waals surface area (Å²) in [6, 6.07) is 5.47. The number of aromatic nitrogens is 2. The van der Waals surface area contributed by atoms with Gasteiger partial charge in [0.25, 0.3) is 5.91 Å².